The first-order valence-electron chi connectivity index (χ1n) is 7.35. The molecule has 2 heterocycles. The summed E-state index contributed by atoms with van der Waals surface area (Å²) in [6.45, 7) is 2.93. The molecule has 2 unspecified atom stereocenters. The average Bonchev–Trinajstić information content (AvgIpc) is 2.83. The third-order valence-electron chi connectivity index (χ3n) is 4.17. The summed E-state index contributed by atoms with van der Waals surface area (Å²) in [7, 11) is 0. The number of rotatable bonds is 3. The quantitative estimate of drug-likeness (QED) is 0.807. The molecule has 1 fully saturated rings. The molecule has 3 rings (SSSR count). The molecule has 0 spiro atoms. The molecule has 2 aliphatic heterocycles. The van der Waals surface area contributed by atoms with Crippen LogP contribution in [0, 0.1) is 0 Å². The van der Waals surface area contributed by atoms with Gasteiger partial charge in [-0.05, 0) is 49.6 Å². The molecule has 1 aromatic carbocycles. The Kier molecular flexibility index (Phi) is 8.01. The van der Waals surface area contributed by atoms with E-state index in [4.69, 9.17) is 11.6 Å². The normalized spacial score (nSPS) is 23.8. The number of hydrogen-bond acceptors (Lipinski definition) is 3. The van der Waals surface area contributed by atoms with Crippen molar-refractivity contribution in [3.05, 3.63) is 40.9 Å². The third-order valence-corrected chi connectivity index (χ3v) is 4.41. The van der Waals surface area contributed by atoms with E-state index in [0.717, 1.165) is 43.9 Å². The lowest BCUT2D eigenvalue weighted by molar-refractivity contribution is 0.115. The molecular weight excluding hydrogens is 343 g/mol. The molecule has 0 aliphatic carbocycles. The smallest absolute Gasteiger partial charge is 0.0729 e. The molecule has 0 bridgehead atoms. The fraction of sp³-hybridized carbons (Fsp3) is 0.500. The fourth-order valence-corrected chi connectivity index (χ4v) is 3.25. The zero-order valence-corrected chi connectivity index (χ0v) is 14.8. The number of benzene rings is 1. The number of hydrogen-bond donors (Lipinski definition) is 2. The predicted molar refractivity (Wildman–Crippen MR) is 98.0 cm³/mol. The minimum absolute atomic E-state index is 0. The summed E-state index contributed by atoms with van der Waals surface area (Å²) in [6, 6.07) is 6.23. The van der Waals surface area contributed by atoms with Gasteiger partial charge in [-0.2, -0.15) is 0 Å². The average molecular weight is 366 g/mol. The first-order valence-corrected chi connectivity index (χ1v) is 7.73. The van der Waals surface area contributed by atoms with Crippen LogP contribution in [-0.2, 0) is 6.42 Å². The Morgan fingerprint density at radius 2 is 2.18 bits per heavy atom. The molecule has 1 saturated heterocycles. The SMILES string of the molecule is Cl.Cl.OC1CCCNC1/C=C/CN1CCc2cc(Cl)ccc21. The van der Waals surface area contributed by atoms with Gasteiger partial charge in [-0.1, -0.05) is 23.8 Å². The van der Waals surface area contributed by atoms with Gasteiger partial charge in [0.25, 0.3) is 0 Å². The van der Waals surface area contributed by atoms with Gasteiger partial charge in [0.1, 0.15) is 0 Å². The lowest BCUT2D eigenvalue weighted by Gasteiger charge is -2.26. The highest BCUT2D eigenvalue weighted by atomic mass is 35.5. The van der Waals surface area contributed by atoms with Crippen molar-refractivity contribution >= 4 is 42.1 Å². The van der Waals surface area contributed by atoms with Crippen LogP contribution in [0.4, 0.5) is 5.69 Å². The third kappa shape index (κ3) is 4.53. The summed E-state index contributed by atoms with van der Waals surface area (Å²) in [5, 5.41) is 14.1. The standard InChI is InChI=1S/C16H21ClN2O.2ClH/c17-13-5-6-15-12(11-13)7-10-19(15)9-2-3-14-16(20)4-1-8-18-14;;/h2-3,5-6,11,14,16,18,20H,1,4,7-10H2;2*1H/b3-2+;;. The zero-order chi connectivity index (χ0) is 13.9. The van der Waals surface area contributed by atoms with E-state index in [1.165, 1.54) is 11.3 Å². The lowest BCUT2D eigenvalue weighted by atomic mass is 10.0. The van der Waals surface area contributed by atoms with Gasteiger partial charge >= 0.3 is 0 Å². The summed E-state index contributed by atoms with van der Waals surface area (Å²) in [5.74, 6) is 0. The van der Waals surface area contributed by atoms with E-state index < -0.39 is 0 Å². The lowest BCUT2D eigenvalue weighted by Crippen LogP contribution is -2.43. The highest BCUT2D eigenvalue weighted by Crippen LogP contribution is 2.30. The number of aliphatic hydroxyl groups is 1. The number of halogens is 3. The summed E-state index contributed by atoms with van der Waals surface area (Å²) in [5.41, 5.74) is 2.62. The first kappa shape index (κ1) is 19.6. The monoisotopic (exact) mass is 364 g/mol. The Labute approximate surface area is 149 Å². The van der Waals surface area contributed by atoms with Crippen molar-refractivity contribution in [1.29, 1.82) is 0 Å². The van der Waals surface area contributed by atoms with E-state index in [9.17, 15) is 5.11 Å². The van der Waals surface area contributed by atoms with E-state index in [2.05, 4.69) is 34.5 Å². The number of aliphatic hydroxyl groups excluding tert-OH is 1. The highest BCUT2D eigenvalue weighted by molar-refractivity contribution is 6.30. The van der Waals surface area contributed by atoms with Gasteiger partial charge in [0.05, 0.1) is 12.1 Å². The van der Waals surface area contributed by atoms with Crippen LogP contribution in [0.1, 0.15) is 18.4 Å². The second kappa shape index (κ2) is 8.99. The molecule has 3 nitrogen and oxygen atoms in total. The molecule has 0 aromatic heterocycles. The summed E-state index contributed by atoms with van der Waals surface area (Å²) in [6.07, 6.45) is 7.05. The van der Waals surface area contributed by atoms with E-state index in [-0.39, 0.29) is 37.0 Å². The van der Waals surface area contributed by atoms with E-state index >= 15 is 0 Å². The van der Waals surface area contributed by atoms with Crippen molar-refractivity contribution in [3.63, 3.8) is 0 Å². The second-order valence-electron chi connectivity index (χ2n) is 5.59. The van der Waals surface area contributed by atoms with Gasteiger partial charge in [0, 0.05) is 23.8 Å². The van der Waals surface area contributed by atoms with Crippen LogP contribution >= 0.6 is 36.4 Å². The Morgan fingerprint density at radius 3 is 2.95 bits per heavy atom. The van der Waals surface area contributed by atoms with Gasteiger partial charge in [-0.15, -0.1) is 24.8 Å². The molecule has 22 heavy (non-hydrogen) atoms. The maximum Gasteiger partial charge on any atom is 0.0729 e. The first-order chi connectivity index (χ1) is 9.74. The minimum atomic E-state index is -0.246. The largest absolute Gasteiger partial charge is 0.391 e. The minimum Gasteiger partial charge on any atom is -0.391 e. The molecule has 1 aromatic rings. The molecule has 2 N–H and O–H groups in total. The van der Waals surface area contributed by atoms with Crippen LogP contribution in [0.25, 0.3) is 0 Å². The Bertz CT molecular complexity index is 510. The zero-order valence-electron chi connectivity index (χ0n) is 12.4. The number of fused-ring (bicyclic) bond motifs is 1. The second-order valence-corrected chi connectivity index (χ2v) is 6.02. The van der Waals surface area contributed by atoms with Crippen LogP contribution in [0.5, 0.6) is 0 Å². The van der Waals surface area contributed by atoms with Crippen molar-refractivity contribution in [2.45, 2.75) is 31.4 Å². The van der Waals surface area contributed by atoms with Crippen molar-refractivity contribution < 1.29 is 5.11 Å². The summed E-state index contributed by atoms with van der Waals surface area (Å²) in [4.78, 5) is 2.36. The van der Waals surface area contributed by atoms with Crippen molar-refractivity contribution in [3.8, 4) is 0 Å². The highest BCUT2D eigenvalue weighted by Gasteiger charge is 2.20. The Balaban J connectivity index is 0.00000121. The molecule has 2 atom stereocenters. The summed E-state index contributed by atoms with van der Waals surface area (Å²) < 4.78 is 0. The predicted octanol–water partition coefficient (Wildman–Crippen LogP) is 3.22. The van der Waals surface area contributed by atoms with Gasteiger partial charge in [-0.3, -0.25) is 0 Å². The Hall–Kier alpha value is -0.450. The van der Waals surface area contributed by atoms with Crippen LogP contribution in [-0.4, -0.2) is 36.9 Å². The Morgan fingerprint density at radius 1 is 1.36 bits per heavy atom. The van der Waals surface area contributed by atoms with Crippen molar-refractivity contribution in [2.75, 3.05) is 24.5 Å². The van der Waals surface area contributed by atoms with Crippen molar-refractivity contribution in [2.24, 2.45) is 0 Å². The van der Waals surface area contributed by atoms with Crippen LogP contribution in [0.3, 0.4) is 0 Å². The van der Waals surface area contributed by atoms with Gasteiger partial charge in [0.15, 0.2) is 0 Å². The van der Waals surface area contributed by atoms with E-state index in [0.29, 0.717) is 0 Å². The van der Waals surface area contributed by atoms with E-state index in [1.807, 2.05) is 6.07 Å². The fourth-order valence-electron chi connectivity index (χ4n) is 3.05. The van der Waals surface area contributed by atoms with Gasteiger partial charge < -0.3 is 15.3 Å². The van der Waals surface area contributed by atoms with E-state index in [1.54, 1.807) is 0 Å². The topological polar surface area (TPSA) is 35.5 Å². The van der Waals surface area contributed by atoms with Crippen molar-refractivity contribution in [1.82, 2.24) is 5.32 Å². The number of nitrogens with one attached hydrogen (secondary N) is 1. The number of nitrogens with zero attached hydrogens (tertiary/aromatic N) is 1. The maximum absolute atomic E-state index is 9.91. The molecule has 124 valence electrons. The molecule has 0 amide bonds. The van der Waals surface area contributed by atoms with Crippen LogP contribution < -0.4 is 10.2 Å². The molecule has 0 saturated carbocycles. The molecule has 6 heteroatoms. The molecule has 2 aliphatic rings. The van der Waals surface area contributed by atoms with Crippen LogP contribution in [0.2, 0.25) is 5.02 Å². The molecule has 0 radical (unpaired) electrons. The molecular formula is C16H23Cl3N2O. The summed E-state index contributed by atoms with van der Waals surface area (Å²) >= 11 is 6.02. The maximum atomic E-state index is 9.91. The van der Waals surface area contributed by atoms with Gasteiger partial charge in [0.2, 0.25) is 0 Å². The number of anilines is 1. The number of piperidine rings is 1. The van der Waals surface area contributed by atoms with Gasteiger partial charge in [-0.25, -0.2) is 0 Å². The van der Waals surface area contributed by atoms with Crippen LogP contribution in [0.15, 0.2) is 30.4 Å².